The molecule has 1 unspecified atom stereocenters. The van der Waals surface area contributed by atoms with Gasteiger partial charge in [-0.25, -0.2) is 4.98 Å². The first-order valence-electron chi connectivity index (χ1n) is 8.54. The maximum atomic E-state index is 4.68. The number of aryl methyl sites for hydroxylation is 1. The molecule has 5 nitrogen and oxygen atoms in total. The minimum Gasteiger partial charge on any atom is -0.356 e. The SMILES string of the molecule is CN=C(NCc1nc2ccccc2n1C)NCC(C)Cc1cccs1. The fraction of sp³-hybridized carbons (Fsp3) is 0.368. The molecule has 0 aliphatic heterocycles. The number of imidazole rings is 1. The highest BCUT2D eigenvalue weighted by Crippen LogP contribution is 2.14. The first-order valence-corrected chi connectivity index (χ1v) is 9.42. The lowest BCUT2D eigenvalue weighted by atomic mass is 10.1. The molecule has 0 aliphatic carbocycles. The van der Waals surface area contributed by atoms with E-state index in [0.29, 0.717) is 12.5 Å². The molecule has 2 N–H and O–H groups in total. The van der Waals surface area contributed by atoms with Gasteiger partial charge in [0.2, 0.25) is 0 Å². The summed E-state index contributed by atoms with van der Waals surface area (Å²) in [7, 11) is 3.85. The van der Waals surface area contributed by atoms with Crippen LogP contribution in [0.25, 0.3) is 11.0 Å². The highest BCUT2D eigenvalue weighted by atomic mass is 32.1. The molecule has 25 heavy (non-hydrogen) atoms. The minimum absolute atomic E-state index is 0.549. The van der Waals surface area contributed by atoms with Crippen LogP contribution in [-0.2, 0) is 20.0 Å². The first kappa shape index (κ1) is 17.5. The molecule has 0 bridgehead atoms. The van der Waals surface area contributed by atoms with Crippen LogP contribution in [0.4, 0.5) is 0 Å². The summed E-state index contributed by atoms with van der Waals surface area (Å²) in [5.74, 6) is 2.36. The Hall–Kier alpha value is -2.34. The number of fused-ring (bicyclic) bond motifs is 1. The van der Waals surface area contributed by atoms with Crippen molar-refractivity contribution in [3.05, 3.63) is 52.5 Å². The third kappa shape index (κ3) is 4.39. The fourth-order valence-corrected chi connectivity index (χ4v) is 3.72. The summed E-state index contributed by atoms with van der Waals surface area (Å²) >= 11 is 1.82. The maximum absolute atomic E-state index is 4.68. The molecular weight excluding hydrogens is 330 g/mol. The Morgan fingerprint density at radius 2 is 2.08 bits per heavy atom. The van der Waals surface area contributed by atoms with Crippen molar-refractivity contribution in [1.82, 2.24) is 20.2 Å². The number of hydrogen-bond acceptors (Lipinski definition) is 3. The van der Waals surface area contributed by atoms with Gasteiger partial charge in [0.05, 0.1) is 17.6 Å². The minimum atomic E-state index is 0.549. The van der Waals surface area contributed by atoms with Crippen LogP contribution in [-0.4, -0.2) is 29.1 Å². The lowest BCUT2D eigenvalue weighted by molar-refractivity contribution is 0.561. The van der Waals surface area contributed by atoms with Crippen LogP contribution in [0.5, 0.6) is 0 Å². The molecule has 0 aliphatic rings. The van der Waals surface area contributed by atoms with Gasteiger partial charge in [-0.05, 0) is 35.9 Å². The quantitative estimate of drug-likeness (QED) is 0.527. The van der Waals surface area contributed by atoms with Gasteiger partial charge in [-0.1, -0.05) is 25.1 Å². The number of guanidine groups is 1. The van der Waals surface area contributed by atoms with Gasteiger partial charge in [-0.15, -0.1) is 11.3 Å². The second-order valence-electron chi connectivity index (χ2n) is 6.27. The molecule has 0 amide bonds. The van der Waals surface area contributed by atoms with Gasteiger partial charge in [0.25, 0.3) is 0 Å². The van der Waals surface area contributed by atoms with Crippen LogP contribution in [0.1, 0.15) is 17.6 Å². The number of hydrogen-bond donors (Lipinski definition) is 2. The number of rotatable bonds is 6. The number of aromatic nitrogens is 2. The molecule has 0 radical (unpaired) electrons. The van der Waals surface area contributed by atoms with Gasteiger partial charge in [-0.3, -0.25) is 4.99 Å². The van der Waals surface area contributed by atoms with E-state index in [1.165, 1.54) is 4.88 Å². The average molecular weight is 356 g/mol. The first-order chi connectivity index (χ1) is 12.2. The molecular formula is C19H25N5S. The van der Waals surface area contributed by atoms with Gasteiger partial charge in [0.15, 0.2) is 5.96 Å². The molecule has 3 rings (SSSR count). The van der Waals surface area contributed by atoms with Crippen molar-refractivity contribution < 1.29 is 0 Å². The van der Waals surface area contributed by atoms with Crippen LogP contribution in [0.2, 0.25) is 0 Å². The van der Waals surface area contributed by atoms with E-state index in [4.69, 9.17) is 0 Å². The predicted octanol–water partition coefficient (Wildman–Crippen LogP) is 3.18. The number of benzene rings is 1. The fourth-order valence-electron chi connectivity index (χ4n) is 2.85. The zero-order valence-electron chi connectivity index (χ0n) is 15.0. The molecule has 0 saturated heterocycles. The van der Waals surface area contributed by atoms with Crippen molar-refractivity contribution >= 4 is 28.3 Å². The Bertz CT molecular complexity index is 835. The largest absolute Gasteiger partial charge is 0.356 e. The van der Waals surface area contributed by atoms with Gasteiger partial charge in [0, 0.05) is 25.5 Å². The Morgan fingerprint density at radius 1 is 1.24 bits per heavy atom. The Labute approximate surface area is 152 Å². The second kappa shape index (κ2) is 8.16. The zero-order chi connectivity index (χ0) is 17.6. The molecule has 3 aromatic rings. The molecule has 1 aromatic carbocycles. The Morgan fingerprint density at radius 3 is 2.80 bits per heavy atom. The lowest BCUT2D eigenvalue weighted by Crippen LogP contribution is -2.39. The molecule has 0 fully saturated rings. The second-order valence-corrected chi connectivity index (χ2v) is 7.30. The number of para-hydroxylation sites is 2. The number of nitrogens with zero attached hydrogens (tertiary/aromatic N) is 3. The number of thiophene rings is 1. The van der Waals surface area contributed by atoms with Crippen LogP contribution >= 0.6 is 11.3 Å². The highest BCUT2D eigenvalue weighted by Gasteiger charge is 2.09. The van der Waals surface area contributed by atoms with Crippen molar-refractivity contribution in [2.75, 3.05) is 13.6 Å². The van der Waals surface area contributed by atoms with Crippen molar-refractivity contribution in [2.24, 2.45) is 18.0 Å². The van der Waals surface area contributed by atoms with Gasteiger partial charge >= 0.3 is 0 Å². The summed E-state index contributed by atoms with van der Waals surface area (Å²) in [4.78, 5) is 10.4. The summed E-state index contributed by atoms with van der Waals surface area (Å²) in [6.07, 6.45) is 1.09. The van der Waals surface area contributed by atoms with E-state index in [1.807, 2.05) is 36.6 Å². The standard InChI is InChI=1S/C19H25N5S/c1-14(11-15-7-6-10-25-15)12-21-19(20-2)22-13-18-23-16-8-4-5-9-17(16)24(18)3/h4-10,14H,11-13H2,1-3H3,(H2,20,21,22). The zero-order valence-corrected chi connectivity index (χ0v) is 15.8. The summed E-state index contributed by atoms with van der Waals surface area (Å²) in [6, 6.07) is 12.5. The maximum Gasteiger partial charge on any atom is 0.191 e. The molecule has 6 heteroatoms. The van der Waals surface area contributed by atoms with Crippen LogP contribution in [0.3, 0.4) is 0 Å². The molecule has 2 heterocycles. The molecule has 0 saturated carbocycles. The summed E-state index contributed by atoms with van der Waals surface area (Å²) < 4.78 is 2.12. The van der Waals surface area contributed by atoms with E-state index in [1.54, 1.807) is 7.05 Å². The van der Waals surface area contributed by atoms with Crippen molar-refractivity contribution in [3.63, 3.8) is 0 Å². The van der Waals surface area contributed by atoms with Gasteiger partial charge in [-0.2, -0.15) is 0 Å². The van der Waals surface area contributed by atoms with Crippen molar-refractivity contribution in [2.45, 2.75) is 19.9 Å². The lowest BCUT2D eigenvalue weighted by Gasteiger charge is -2.15. The number of nitrogens with one attached hydrogen (secondary N) is 2. The highest BCUT2D eigenvalue weighted by molar-refractivity contribution is 7.09. The van der Waals surface area contributed by atoms with E-state index >= 15 is 0 Å². The van der Waals surface area contributed by atoms with Crippen molar-refractivity contribution in [1.29, 1.82) is 0 Å². The van der Waals surface area contributed by atoms with Crippen LogP contribution in [0.15, 0.2) is 46.8 Å². The molecule has 0 spiro atoms. The normalized spacial score (nSPS) is 13.2. The summed E-state index contributed by atoms with van der Waals surface area (Å²) in [6.45, 7) is 3.79. The van der Waals surface area contributed by atoms with Crippen LogP contribution < -0.4 is 10.6 Å². The smallest absolute Gasteiger partial charge is 0.191 e. The van der Waals surface area contributed by atoms with E-state index in [-0.39, 0.29) is 0 Å². The summed E-state index contributed by atoms with van der Waals surface area (Å²) in [5.41, 5.74) is 2.17. The third-order valence-electron chi connectivity index (χ3n) is 4.27. The topological polar surface area (TPSA) is 54.2 Å². The molecule has 1 atom stereocenters. The van der Waals surface area contributed by atoms with E-state index in [9.17, 15) is 0 Å². The van der Waals surface area contributed by atoms with E-state index in [0.717, 1.165) is 35.8 Å². The Balaban J connectivity index is 1.52. The predicted molar refractivity (Wildman–Crippen MR) is 106 cm³/mol. The molecule has 132 valence electrons. The summed E-state index contributed by atoms with van der Waals surface area (Å²) in [5, 5.41) is 8.90. The van der Waals surface area contributed by atoms with Crippen LogP contribution in [0, 0.1) is 5.92 Å². The van der Waals surface area contributed by atoms with Gasteiger partial charge in [0.1, 0.15) is 5.82 Å². The number of aliphatic imine (C=N–C) groups is 1. The molecule has 2 aromatic heterocycles. The van der Waals surface area contributed by atoms with Crippen molar-refractivity contribution in [3.8, 4) is 0 Å². The van der Waals surface area contributed by atoms with E-state index in [2.05, 4.69) is 55.7 Å². The van der Waals surface area contributed by atoms with E-state index < -0.39 is 0 Å². The third-order valence-corrected chi connectivity index (χ3v) is 5.16. The van der Waals surface area contributed by atoms with Gasteiger partial charge < -0.3 is 15.2 Å². The Kier molecular flexibility index (Phi) is 5.71. The monoisotopic (exact) mass is 355 g/mol. The average Bonchev–Trinajstić information content (AvgIpc) is 3.24.